The van der Waals surface area contributed by atoms with Crippen LogP contribution in [-0.2, 0) is 0 Å². The van der Waals surface area contributed by atoms with Crippen LogP contribution >= 0.6 is 0 Å². The Bertz CT molecular complexity index is 730. The van der Waals surface area contributed by atoms with Gasteiger partial charge >= 0.3 is 0 Å². The van der Waals surface area contributed by atoms with Crippen molar-refractivity contribution < 1.29 is 0 Å². The second kappa shape index (κ2) is 8.26. The van der Waals surface area contributed by atoms with Crippen LogP contribution in [0.2, 0.25) is 0 Å². The maximum absolute atomic E-state index is 4.91. The molecule has 0 saturated carbocycles. The van der Waals surface area contributed by atoms with Crippen LogP contribution in [0.3, 0.4) is 0 Å². The summed E-state index contributed by atoms with van der Waals surface area (Å²) in [6, 6.07) is 8.89. The van der Waals surface area contributed by atoms with Gasteiger partial charge in [-0.1, -0.05) is 6.42 Å². The van der Waals surface area contributed by atoms with Crippen LogP contribution in [0.1, 0.15) is 44.1 Å². The smallest absolute Gasteiger partial charge is 0.129 e. The van der Waals surface area contributed by atoms with Crippen molar-refractivity contribution >= 4 is 22.4 Å². The summed E-state index contributed by atoms with van der Waals surface area (Å²) in [5.41, 5.74) is 3.66. The van der Waals surface area contributed by atoms with E-state index in [2.05, 4.69) is 46.3 Å². The van der Waals surface area contributed by atoms with Gasteiger partial charge in [-0.3, -0.25) is 0 Å². The van der Waals surface area contributed by atoms with Gasteiger partial charge in [0.2, 0.25) is 0 Å². The van der Waals surface area contributed by atoms with Crippen LogP contribution in [0.25, 0.3) is 10.9 Å². The summed E-state index contributed by atoms with van der Waals surface area (Å²) in [5, 5.41) is 4.88. The molecule has 0 aliphatic carbocycles. The molecule has 4 heteroatoms. The number of aryl methyl sites for hydroxylation is 1. The maximum Gasteiger partial charge on any atom is 0.129 e. The van der Waals surface area contributed by atoms with Gasteiger partial charge in [0.1, 0.15) is 5.82 Å². The van der Waals surface area contributed by atoms with Crippen LogP contribution < -0.4 is 10.2 Å². The lowest BCUT2D eigenvalue weighted by atomic mass is 10.1. The second-order valence-electron chi connectivity index (χ2n) is 7.91. The summed E-state index contributed by atoms with van der Waals surface area (Å²) in [6.07, 6.45) is 7.97. The first-order valence-electron chi connectivity index (χ1n) is 10.4. The number of anilines is 2. The van der Waals surface area contributed by atoms with Crippen molar-refractivity contribution in [2.24, 2.45) is 0 Å². The Morgan fingerprint density at radius 2 is 1.73 bits per heavy atom. The third kappa shape index (κ3) is 4.12. The average Bonchev–Trinajstić information content (AvgIpc) is 3.21. The number of hydrogen-bond acceptors (Lipinski definition) is 4. The van der Waals surface area contributed by atoms with E-state index in [0.717, 1.165) is 31.0 Å². The lowest BCUT2D eigenvalue weighted by molar-refractivity contribution is 0.228. The van der Waals surface area contributed by atoms with Gasteiger partial charge in [-0.2, -0.15) is 0 Å². The van der Waals surface area contributed by atoms with Gasteiger partial charge in [-0.25, -0.2) is 4.98 Å². The molecule has 2 aliphatic rings. The topological polar surface area (TPSA) is 31.4 Å². The minimum absolute atomic E-state index is 1.04. The molecule has 4 nitrogen and oxygen atoms in total. The molecule has 1 aromatic carbocycles. The SMILES string of the molecule is Cc1cc(N2CCCC2)nc2ccc(NCCCN3CCCCC3)cc12. The molecule has 4 rings (SSSR count). The first-order valence-corrected chi connectivity index (χ1v) is 10.4. The van der Waals surface area contributed by atoms with Crippen LogP contribution in [0, 0.1) is 6.92 Å². The molecule has 2 aliphatic heterocycles. The standard InChI is InChI=1S/C22H32N4/c1-18-16-22(26-14-5-6-15-26)24-21-9-8-19(17-20(18)21)23-10-7-13-25-11-3-2-4-12-25/h8-9,16-17,23H,2-7,10-15H2,1H3. The molecular formula is C22H32N4. The van der Waals surface area contributed by atoms with Crippen molar-refractivity contribution in [2.45, 2.75) is 45.4 Å². The number of benzene rings is 1. The Balaban J connectivity index is 1.37. The fourth-order valence-electron chi connectivity index (χ4n) is 4.31. The number of hydrogen-bond donors (Lipinski definition) is 1. The molecule has 1 aromatic heterocycles. The fourth-order valence-corrected chi connectivity index (χ4v) is 4.31. The van der Waals surface area contributed by atoms with Gasteiger partial charge in [0.05, 0.1) is 5.52 Å². The molecule has 1 N–H and O–H groups in total. The predicted octanol–water partition coefficient (Wildman–Crippen LogP) is 4.43. The third-order valence-electron chi connectivity index (χ3n) is 5.86. The highest BCUT2D eigenvalue weighted by Crippen LogP contribution is 2.27. The summed E-state index contributed by atoms with van der Waals surface area (Å²) < 4.78 is 0. The van der Waals surface area contributed by atoms with Crippen LogP contribution in [-0.4, -0.2) is 49.2 Å². The van der Waals surface area contributed by atoms with E-state index < -0.39 is 0 Å². The van der Waals surface area contributed by atoms with E-state index in [1.54, 1.807) is 0 Å². The number of nitrogens with one attached hydrogen (secondary N) is 1. The highest BCUT2D eigenvalue weighted by atomic mass is 15.2. The zero-order valence-electron chi connectivity index (χ0n) is 16.1. The van der Waals surface area contributed by atoms with Crippen molar-refractivity contribution in [3.8, 4) is 0 Å². The van der Waals surface area contributed by atoms with Crippen LogP contribution in [0.5, 0.6) is 0 Å². The summed E-state index contributed by atoms with van der Waals surface area (Å²) in [5.74, 6) is 1.15. The molecule has 0 amide bonds. The zero-order chi connectivity index (χ0) is 17.8. The first-order chi connectivity index (χ1) is 12.8. The maximum atomic E-state index is 4.91. The van der Waals surface area contributed by atoms with Crippen molar-refractivity contribution in [1.29, 1.82) is 0 Å². The number of rotatable bonds is 6. The zero-order valence-corrected chi connectivity index (χ0v) is 16.1. The minimum atomic E-state index is 1.04. The van der Waals surface area contributed by atoms with E-state index >= 15 is 0 Å². The largest absolute Gasteiger partial charge is 0.385 e. The summed E-state index contributed by atoms with van der Waals surface area (Å²) in [4.78, 5) is 9.93. The van der Waals surface area contributed by atoms with E-state index in [-0.39, 0.29) is 0 Å². The Labute approximate surface area is 157 Å². The normalized spacial score (nSPS) is 18.6. The van der Waals surface area contributed by atoms with Gasteiger partial charge in [0, 0.05) is 30.7 Å². The summed E-state index contributed by atoms with van der Waals surface area (Å²) >= 11 is 0. The molecule has 0 spiro atoms. The Morgan fingerprint density at radius 1 is 0.962 bits per heavy atom. The van der Waals surface area contributed by atoms with Crippen molar-refractivity contribution in [2.75, 3.05) is 49.5 Å². The monoisotopic (exact) mass is 352 g/mol. The predicted molar refractivity (Wildman–Crippen MR) is 111 cm³/mol. The molecule has 0 atom stereocenters. The van der Waals surface area contributed by atoms with Crippen LogP contribution in [0.4, 0.5) is 11.5 Å². The number of aromatic nitrogens is 1. The quantitative estimate of drug-likeness (QED) is 0.779. The highest BCUT2D eigenvalue weighted by Gasteiger charge is 2.15. The lowest BCUT2D eigenvalue weighted by Gasteiger charge is -2.26. The van der Waals surface area contributed by atoms with Gasteiger partial charge in [0.15, 0.2) is 0 Å². The minimum Gasteiger partial charge on any atom is -0.385 e. The number of piperidine rings is 1. The number of likely N-dealkylation sites (tertiary alicyclic amines) is 1. The van der Waals surface area contributed by atoms with E-state index in [1.807, 2.05) is 0 Å². The van der Waals surface area contributed by atoms with Gasteiger partial charge in [0.25, 0.3) is 0 Å². The summed E-state index contributed by atoms with van der Waals surface area (Å²) in [6.45, 7) is 9.36. The van der Waals surface area contributed by atoms with E-state index in [9.17, 15) is 0 Å². The van der Waals surface area contributed by atoms with E-state index in [0.29, 0.717) is 0 Å². The Morgan fingerprint density at radius 3 is 2.54 bits per heavy atom. The molecular weight excluding hydrogens is 320 g/mol. The molecule has 0 bridgehead atoms. The van der Waals surface area contributed by atoms with Gasteiger partial charge in [-0.05, 0) is 88.5 Å². The average molecular weight is 353 g/mol. The molecule has 2 aromatic rings. The highest BCUT2D eigenvalue weighted by molar-refractivity contribution is 5.87. The van der Waals surface area contributed by atoms with E-state index in [1.165, 1.54) is 74.8 Å². The molecule has 3 heterocycles. The van der Waals surface area contributed by atoms with Crippen molar-refractivity contribution in [1.82, 2.24) is 9.88 Å². The number of nitrogens with zero attached hydrogens (tertiary/aromatic N) is 3. The molecule has 0 radical (unpaired) electrons. The fraction of sp³-hybridized carbons (Fsp3) is 0.591. The second-order valence-corrected chi connectivity index (χ2v) is 7.91. The molecule has 0 unspecified atom stereocenters. The van der Waals surface area contributed by atoms with Crippen LogP contribution in [0.15, 0.2) is 24.3 Å². The van der Waals surface area contributed by atoms with Crippen molar-refractivity contribution in [3.63, 3.8) is 0 Å². The molecule has 140 valence electrons. The summed E-state index contributed by atoms with van der Waals surface area (Å²) in [7, 11) is 0. The third-order valence-corrected chi connectivity index (χ3v) is 5.86. The number of pyridine rings is 1. The molecule has 2 saturated heterocycles. The molecule has 26 heavy (non-hydrogen) atoms. The Hall–Kier alpha value is -1.81. The van der Waals surface area contributed by atoms with Gasteiger partial charge < -0.3 is 15.1 Å². The Kier molecular flexibility index (Phi) is 5.59. The first kappa shape index (κ1) is 17.6. The van der Waals surface area contributed by atoms with E-state index in [4.69, 9.17) is 4.98 Å². The lowest BCUT2D eigenvalue weighted by Crippen LogP contribution is -2.31. The van der Waals surface area contributed by atoms with Crippen molar-refractivity contribution in [3.05, 3.63) is 29.8 Å². The number of fused-ring (bicyclic) bond motifs is 1. The molecule has 2 fully saturated rings. The van der Waals surface area contributed by atoms with Gasteiger partial charge in [-0.15, -0.1) is 0 Å².